The second kappa shape index (κ2) is 6.36. The van der Waals surface area contributed by atoms with E-state index in [0.29, 0.717) is 0 Å². The lowest BCUT2D eigenvalue weighted by Crippen LogP contribution is -2.30. The van der Waals surface area contributed by atoms with E-state index in [1.54, 1.807) is 0 Å². The zero-order valence-electron chi connectivity index (χ0n) is 9.31. The molecule has 0 aliphatic rings. The maximum atomic E-state index is 12.8. The van der Waals surface area contributed by atoms with Gasteiger partial charge >= 0.3 is 0 Å². The number of anilines is 2. The predicted molar refractivity (Wildman–Crippen MR) is 62.2 cm³/mol. The van der Waals surface area contributed by atoms with Crippen LogP contribution in [0.15, 0.2) is 18.2 Å². The highest BCUT2D eigenvalue weighted by atomic mass is 19.3. The summed E-state index contributed by atoms with van der Waals surface area (Å²) in [5, 5.41) is 17.7. The van der Waals surface area contributed by atoms with Crippen LogP contribution in [-0.4, -0.2) is 36.5 Å². The first-order chi connectivity index (χ1) is 8.10. The van der Waals surface area contributed by atoms with E-state index in [-0.39, 0.29) is 43.2 Å². The second-order valence-corrected chi connectivity index (χ2v) is 3.55. The van der Waals surface area contributed by atoms with Crippen LogP contribution in [0.25, 0.3) is 0 Å². The lowest BCUT2D eigenvalue weighted by atomic mass is 10.1. The quantitative estimate of drug-likeness (QED) is 0.655. The summed E-state index contributed by atoms with van der Waals surface area (Å²) >= 11 is 0. The molecule has 0 heterocycles. The number of benzene rings is 1. The predicted octanol–water partition coefficient (Wildman–Crippen LogP) is 0.997. The molecule has 0 aromatic heterocycles. The summed E-state index contributed by atoms with van der Waals surface area (Å²) in [4.78, 5) is 1.50. The van der Waals surface area contributed by atoms with Gasteiger partial charge in [0.05, 0.1) is 13.2 Å². The molecule has 96 valence electrons. The molecule has 17 heavy (non-hydrogen) atoms. The summed E-state index contributed by atoms with van der Waals surface area (Å²) < 4.78 is 25.7. The van der Waals surface area contributed by atoms with Crippen molar-refractivity contribution < 1.29 is 19.0 Å². The van der Waals surface area contributed by atoms with Crippen molar-refractivity contribution in [3.8, 4) is 0 Å². The van der Waals surface area contributed by atoms with Crippen molar-refractivity contribution in [2.75, 3.05) is 36.9 Å². The molecule has 0 amide bonds. The fourth-order valence-corrected chi connectivity index (χ4v) is 1.63. The average Bonchev–Trinajstić information content (AvgIpc) is 2.28. The lowest BCUT2D eigenvalue weighted by molar-refractivity contribution is 0.151. The first kappa shape index (κ1) is 13.7. The van der Waals surface area contributed by atoms with E-state index in [0.717, 1.165) is 0 Å². The van der Waals surface area contributed by atoms with E-state index >= 15 is 0 Å². The number of alkyl halides is 2. The molecule has 0 radical (unpaired) electrons. The number of aliphatic hydroxyl groups is 2. The zero-order chi connectivity index (χ0) is 12.8. The van der Waals surface area contributed by atoms with Crippen LogP contribution in [0, 0.1) is 0 Å². The summed E-state index contributed by atoms with van der Waals surface area (Å²) in [5.41, 5.74) is 5.82. The van der Waals surface area contributed by atoms with E-state index in [1.165, 1.54) is 23.1 Å². The van der Waals surface area contributed by atoms with Gasteiger partial charge in [0.2, 0.25) is 0 Å². The number of hydrogen-bond donors (Lipinski definition) is 3. The molecule has 0 spiro atoms. The van der Waals surface area contributed by atoms with Gasteiger partial charge in [0.1, 0.15) is 0 Å². The first-order valence-electron chi connectivity index (χ1n) is 5.24. The van der Waals surface area contributed by atoms with Gasteiger partial charge in [-0.05, 0) is 18.2 Å². The second-order valence-electron chi connectivity index (χ2n) is 3.55. The minimum absolute atomic E-state index is 0.174. The monoisotopic (exact) mass is 246 g/mol. The standard InChI is InChI=1S/C11H16F2N2O2/c12-11(13)9-7-8(14)1-2-10(9)15(3-5-16)4-6-17/h1-2,7,11,16-17H,3-6,14H2. The maximum absolute atomic E-state index is 12.8. The van der Waals surface area contributed by atoms with Crippen molar-refractivity contribution in [2.45, 2.75) is 6.43 Å². The molecule has 0 saturated carbocycles. The van der Waals surface area contributed by atoms with Gasteiger partial charge in [-0.2, -0.15) is 0 Å². The molecule has 1 aromatic rings. The van der Waals surface area contributed by atoms with Crippen molar-refractivity contribution >= 4 is 11.4 Å². The number of rotatable bonds is 6. The average molecular weight is 246 g/mol. The molecular formula is C11H16F2N2O2. The molecule has 1 rings (SSSR count). The first-order valence-corrected chi connectivity index (χ1v) is 5.24. The minimum atomic E-state index is -2.65. The van der Waals surface area contributed by atoms with Gasteiger partial charge in [-0.3, -0.25) is 0 Å². The minimum Gasteiger partial charge on any atom is -0.399 e. The Labute approximate surface area is 98.3 Å². The maximum Gasteiger partial charge on any atom is 0.265 e. The zero-order valence-corrected chi connectivity index (χ0v) is 9.31. The van der Waals surface area contributed by atoms with Crippen LogP contribution in [0.1, 0.15) is 12.0 Å². The highest BCUT2D eigenvalue weighted by Crippen LogP contribution is 2.31. The van der Waals surface area contributed by atoms with Crippen LogP contribution in [0.5, 0.6) is 0 Å². The Kier molecular flexibility index (Phi) is 5.11. The Morgan fingerprint density at radius 1 is 1.18 bits per heavy atom. The molecule has 0 fully saturated rings. The van der Waals surface area contributed by atoms with Crippen molar-refractivity contribution in [1.29, 1.82) is 0 Å². The molecule has 0 bridgehead atoms. The number of hydrogen-bond acceptors (Lipinski definition) is 4. The summed E-state index contributed by atoms with van der Waals surface area (Å²) in [5.74, 6) is 0. The van der Waals surface area contributed by atoms with Gasteiger partial charge < -0.3 is 20.8 Å². The van der Waals surface area contributed by atoms with Crippen LogP contribution in [0.2, 0.25) is 0 Å². The molecule has 0 aliphatic heterocycles. The van der Waals surface area contributed by atoms with E-state index in [1.807, 2.05) is 0 Å². The summed E-state index contributed by atoms with van der Waals surface area (Å²) in [6.07, 6.45) is -2.65. The third-order valence-corrected chi connectivity index (χ3v) is 2.37. The fourth-order valence-electron chi connectivity index (χ4n) is 1.63. The SMILES string of the molecule is Nc1ccc(N(CCO)CCO)c(C(F)F)c1. The van der Waals surface area contributed by atoms with Gasteiger partial charge in [-0.1, -0.05) is 0 Å². The van der Waals surface area contributed by atoms with Crippen LogP contribution in [0.3, 0.4) is 0 Å². The lowest BCUT2D eigenvalue weighted by Gasteiger charge is -2.25. The molecule has 4 N–H and O–H groups in total. The van der Waals surface area contributed by atoms with Crippen LogP contribution >= 0.6 is 0 Å². The normalized spacial score (nSPS) is 10.9. The molecule has 0 aliphatic carbocycles. The largest absolute Gasteiger partial charge is 0.399 e. The van der Waals surface area contributed by atoms with Gasteiger partial charge in [0.25, 0.3) is 6.43 Å². The van der Waals surface area contributed by atoms with Crippen molar-refractivity contribution in [3.05, 3.63) is 23.8 Å². The molecule has 1 aromatic carbocycles. The van der Waals surface area contributed by atoms with Crippen LogP contribution < -0.4 is 10.6 Å². The van der Waals surface area contributed by atoms with E-state index in [2.05, 4.69) is 0 Å². The molecule has 0 saturated heterocycles. The Bertz CT molecular complexity index is 355. The smallest absolute Gasteiger partial charge is 0.265 e. The Morgan fingerprint density at radius 2 is 1.76 bits per heavy atom. The number of nitrogens with zero attached hydrogens (tertiary/aromatic N) is 1. The molecule has 0 atom stereocenters. The Balaban J connectivity index is 3.07. The van der Waals surface area contributed by atoms with Gasteiger partial charge in [-0.15, -0.1) is 0 Å². The molecular weight excluding hydrogens is 230 g/mol. The molecule has 0 unspecified atom stereocenters. The highest BCUT2D eigenvalue weighted by Gasteiger charge is 2.17. The van der Waals surface area contributed by atoms with E-state index in [4.69, 9.17) is 15.9 Å². The van der Waals surface area contributed by atoms with Crippen molar-refractivity contribution in [1.82, 2.24) is 0 Å². The summed E-state index contributed by atoms with van der Waals surface area (Å²) in [6.45, 7) is 0.0223. The number of halogens is 2. The molecule has 4 nitrogen and oxygen atoms in total. The number of nitrogen functional groups attached to an aromatic ring is 1. The van der Waals surface area contributed by atoms with Gasteiger partial charge in [0, 0.05) is 30.0 Å². The van der Waals surface area contributed by atoms with Crippen molar-refractivity contribution in [3.63, 3.8) is 0 Å². The van der Waals surface area contributed by atoms with Gasteiger partial charge in [0.15, 0.2) is 0 Å². The number of aliphatic hydroxyl groups excluding tert-OH is 2. The van der Waals surface area contributed by atoms with Crippen molar-refractivity contribution in [2.24, 2.45) is 0 Å². The van der Waals surface area contributed by atoms with Gasteiger partial charge in [-0.25, -0.2) is 8.78 Å². The molecule has 6 heteroatoms. The Hall–Kier alpha value is -1.40. The summed E-state index contributed by atoms with van der Waals surface area (Å²) in [6, 6.07) is 4.20. The number of nitrogens with two attached hydrogens (primary N) is 1. The third kappa shape index (κ3) is 3.54. The summed E-state index contributed by atoms with van der Waals surface area (Å²) in [7, 11) is 0. The van der Waals surface area contributed by atoms with Crippen LogP contribution in [0.4, 0.5) is 20.2 Å². The topological polar surface area (TPSA) is 69.7 Å². The Morgan fingerprint density at radius 3 is 2.24 bits per heavy atom. The third-order valence-electron chi connectivity index (χ3n) is 2.37. The van der Waals surface area contributed by atoms with E-state index < -0.39 is 6.43 Å². The van der Waals surface area contributed by atoms with Crippen LogP contribution in [-0.2, 0) is 0 Å². The highest BCUT2D eigenvalue weighted by molar-refractivity contribution is 5.60. The fraction of sp³-hybridized carbons (Fsp3) is 0.455. The van der Waals surface area contributed by atoms with E-state index in [9.17, 15) is 8.78 Å².